The minimum atomic E-state index is 0.217. The number of ether oxygens (including phenoxy) is 2. The van der Waals surface area contributed by atoms with Gasteiger partial charge in [-0.05, 0) is 25.0 Å². The largest absolute Gasteiger partial charge is 0.497 e. The second kappa shape index (κ2) is 9.92. The fraction of sp³-hybridized carbons (Fsp3) is 0.478. The Bertz CT molecular complexity index is 748. The molecule has 5 heteroatoms. The van der Waals surface area contributed by atoms with Gasteiger partial charge in [-0.1, -0.05) is 35.9 Å². The summed E-state index contributed by atoms with van der Waals surface area (Å²) in [5.74, 6) is 1.67. The highest BCUT2D eigenvalue weighted by Gasteiger charge is 2.27. The minimum Gasteiger partial charge on any atom is -0.497 e. The van der Waals surface area contributed by atoms with Crippen molar-refractivity contribution in [2.24, 2.45) is 0 Å². The highest BCUT2D eigenvalue weighted by Crippen LogP contribution is 2.27. The number of piperazine rings is 1. The third-order valence-electron chi connectivity index (χ3n) is 5.55. The van der Waals surface area contributed by atoms with E-state index in [4.69, 9.17) is 9.47 Å². The number of aryl methyl sites for hydroxylation is 1. The molecule has 2 aromatic carbocycles. The molecule has 1 fully saturated rings. The molecule has 2 aromatic rings. The van der Waals surface area contributed by atoms with Crippen LogP contribution in [0.3, 0.4) is 0 Å². The zero-order valence-corrected chi connectivity index (χ0v) is 17.2. The van der Waals surface area contributed by atoms with Gasteiger partial charge in [-0.25, -0.2) is 0 Å². The molecule has 0 saturated carbocycles. The summed E-state index contributed by atoms with van der Waals surface area (Å²) < 4.78 is 10.9. The van der Waals surface area contributed by atoms with Gasteiger partial charge in [-0.15, -0.1) is 0 Å². The average molecular weight is 385 g/mol. The summed E-state index contributed by atoms with van der Waals surface area (Å²) in [7, 11) is 3.37. The molecule has 1 heterocycles. The van der Waals surface area contributed by atoms with Gasteiger partial charge in [-0.3, -0.25) is 9.80 Å². The van der Waals surface area contributed by atoms with Crippen LogP contribution in [-0.2, 0) is 13.1 Å². The van der Waals surface area contributed by atoms with Crippen LogP contribution in [0, 0.1) is 6.92 Å². The highest BCUT2D eigenvalue weighted by atomic mass is 16.5. The Labute approximate surface area is 168 Å². The predicted octanol–water partition coefficient (Wildman–Crippen LogP) is 3.08. The van der Waals surface area contributed by atoms with Crippen molar-refractivity contribution in [1.29, 1.82) is 0 Å². The Morgan fingerprint density at radius 1 is 1.00 bits per heavy atom. The molecule has 1 atom stereocenters. The summed E-state index contributed by atoms with van der Waals surface area (Å²) >= 11 is 0. The molecule has 1 aliphatic rings. The lowest BCUT2D eigenvalue weighted by Gasteiger charge is -2.41. The van der Waals surface area contributed by atoms with E-state index in [2.05, 4.69) is 47.1 Å². The fourth-order valence-electron chi connectivity index (χ4n) is 3.88. The molecule has 1 N–H and O–H groups in total. The van der Waals surface area contributed by atoms with E-state index in [1.807, 2.05) is 12.1 Å². The normalized spacial score (nSPS) is 18.2. The molecule has 0 amide bonds. The molecule has 0 aromatic heterocycles. The monoisotopic (exact) mass is 384 g/mol. The maximum Gasteiger partial charge on any atom is 0.127 e. The zero-order valence-electron chi connectivity index (χ0n) is 17.2. The van der Waals surface area contributed by atoms with E-state index in [-0.39, 0.29) is 6.61 Å². The van der Waals surface area contributed by atoms with Gasteiger partial charge < -0.3 is 14.6 Å². The molecule has 0 radical (unpaired) electrons. The summed E-state index contributed by atoms with van der Waals surface area (Å²) in [6.45, 7) is 7.05. The topological polar surface area (TPSA) is 45.2 Å². The van der Waals surface area contributed by atoms with Crippen molar-refractivity contribution in [3.63, 3.8) is 0 Å². The van der Waals surface area contributed by atoms with Gasteiger partial charge in [-0.2, -0.15) is 0 Å². The number of methoxy groups -OCH3 is 2. The minimum absolute atomic E-state index is 0.217. The zero-order chi connectivity index (χ0) is 19.9. The maximum atomic E-state index is 9.58. The number of hydrogen-bond donors (Lipinski definition) is 1. The summed E-state index contributed by atoms with van der Waals surface area (Å²) in [4.78, 5) is 4.96. The van der Waals surface area contributed by atoms with Gasteiger partial charge in [0.15, 0.2) is 0 Å². The molecule has 1 saturated heterocycles. The Balaban J connectivity index is 1.65. The third-order valence-corrected chi connectivity index (χ3v) is 5.55. The summed E-state index contributed by atoms with van der Waals surface area (Å²) in [5, 5.41) is 9.58. The van der Waals surface area contributed by atoms with Gasteiger partial charge in [0.1, 0.15) is 11.5 Å². The molecule has 0 bridgehead atoms. The molecule has 1 aliphatic heterocycles. The fourth-order valence-corrected chi connectivity index (χ4v) is 3.88. The Kier molecular flexibility index (Phi) is 7.31. The first-order valence-electron chi connectivity index (χ1n) is 9.96. The molecule has 5 nitrogen and oxygen atoms in total. The van der Waals surface area contributed by atoms with E-state index < -0.39 is 0 Å². The van der Waals surface area contributed by atoms with Gasteiger partial charge in [0.05, 0.1) is 14.2 Å². The van der Waals surface area contributed by atoms with Crippen LogP contribution >= 0.6 is 0 Å². The number of rotatable bonds is 8. The van der Waals surface area contributed by atoms with Crippen molar-refractivity contribution in [2.45, 2.75) is 32.5 Å². The van der Waals surface area contributed by atoms with Crippen molar-refractivity contribution in [3.8, 4) is 11.5 Å². The lowest BCUT2D eigenvalue weighted by Crippen LogP contribution is -2.52. The van der Waals surface area contributed by atoms with E-state index in [1.165, 1.54) is 11.1 Å². The number of aliphatic hydroxyl groups excluding tert-OH is 1. The molecule has 3 rings (SSSR count). The lowest BCUT2D eigenvalue weighted by atomic mass is 10.1. The van der Waals surface area contributed by atoms with Crippen molar-refractivity contribution in [3.05, 3.63) is 59.2 Å². The van der Waals surface area contributed by atoms with Crippen molar-refractivity contribution < 1.29 is 14.6 Å². The van der Waals surface area contributed by atoms with Crippen molar-refractivity contribution in [2.75, 3.05) is 40.5 Å². The second-order valence-electron chi connectivity index (χ2n) is 7.54. The van der Waals surface area contributed by atoms with Gasteiger partial charge in [0.25, 0.3) is 0 Å². The van der Waals surface area contributed by atoms with Crippen LogP contribution in [-0.4, -0.2) is 61.4 Å². The summed E-state index contributed by atoms with van der Waals surface area (Å²) in [5.41, 5.74) is 3.78. The van der Waals surface area contributed by atoms with E-state index >= 15 is 0 Å². The Morgan fingerprint density at radius 3 is 2.46 bits per heavy atom. The summed E-state index contributed by atoms with van der Waals surface area (Å²) in [6, 6.07) is 15.1. The van der Waals surface area contributed by atoms with Crippen molar-refractivity contribution >= 4 is 0 Å². The number of hydrogen-bond acceptors (Lipinski definition) is 5. The summed E-state index contributed by atoms with van der Waals surface area (Å²) in [6.07, 6.45) is 0.794. The highest BCUT2D eigenvalue weighted by molar-refractivity contribution is 5.40. The first kappa shape index (κ1) is 20.6. The first-order valence-corrected chi connectivity index (χ1v) is 9.96. The molecule has 0 aliphatic carbocycles. The van der Waals surface area contributed by atoms with Gasteiger partial charge in [0.2, 0.25) is 0 Å². The number of aliphatic hydroxyl groups is 1. The van der Waals surface area contributed by atoms with Crippen LogP contribution in [0.5, 0.6) is 11.5 Å². The maximum absolute atomic E-state index is 9.58. The van der Waals surface area contributed by atoms with Gasteiger partial charge >= 0.3 is 0 Å². The van der Waals surface area contributed by atoms with Crippen LogP contribution in [0.15, 0.2) is 42.5 Å². The standard InChI is InChI=1S/C23H32N2O3/c1-18-4-6-19(7-5-18)15-25-12-11-24(17-21(25)10-13-26)16-20-8-9-22(27-2)14-23(20)28-3/h4-9,14,21,26H,10-13,15-17H2,1-3H3/t21-/m0/s1. The quantitative estimate of drug-likeness (QED) is 0.758. The van der Waals surface area contributed by atoms with Gasteiger partial charge in [0, 0.05) is 57.0 Å². The average Bonchev–Trinajstić information content (AvgIpc) is 2.72. The molecule has 0 unspecified atom stereocenters. The lowest BCUT2D eigenvalue weighted by molar-refractivity contribution is 0.0496. The molecule has 0 spiro atoms. The third kappa shape index (κ3) is 5.25. The molecule has 152 valence electrons. The number of nitrogens with zero attached hydrogens (tertiary/aromatic N) is 2. The molecular formula is C23H32N2O3. The van der Waals surface area contributed by atoms with Crippen LogP contribution < -0.4 is 9.47 Å². The molecular weight excluding hydrogens is 352 g/mol. The van der Waals surface area contributed by atoms with E-state index in [9.17, 15) is 5.11 Å². The molecule has 28 heavy (non-hydrogen) atoms. The van der Waals surface area contributed by atoms with E-state index in [0.29, 0.717) is 6.04 Å². The van der Waals surface area contributed by atoms with Crippen LogP contribution in [0.25, 0.3) is 0 Å². The Morgan fingerprint density at radius 2 is 1.79 bits per heavy atom. The SMILES string of the molecule is COc1ccc(CN2CCN(Cc3ccc(C)cc3)[C@@H](CCO)C2)c(OC)c1. The van der Waals surface area contributed by atoms with Crippen LogP contribution in [0.1, 0.15) is 23.1 Å². The first-order chi connectivity index (χ1) is 13.6. The van der Waals surface area contributed by atoms with E-state index in [1.54, 1.807) is 14.2 Å². The predicted molar refractivity (Wildman–Crippen MR) is 112 cm³/mol. The second-order valence-corrected chi connectivity index (χ2v) is 7.54. The van der Waals surface area contributed by atoms with Crippen LogP contribution in [0.4, 0.5) is 0 Å². The van der Waals surface area contributed by atoms with E-state index in [0.717, 1.165) is 56.2 Å². The number of benzene rings is 2. The van der Waals surface area contributed by atoms with Crippen molar-refractivity contribution in [1.82, 2.24) is 9.80 Å². The smallest absolute Gasteiger partial charge is 0.127 e. The Hall–Kier alpha value is -2.08. The van der Waals surface area contributed by atoms with Crippen LogP contribution in [0.2, 0.25) is 0 Å².